The van der Waals surface area contributed by atoms with Crippen LogP contribution in [0, 0.1) is 8.70 Å². The van der Waals surface area contributed by atoms with Gasteiger partial charge < -0.3 is 10.8 Å². The van der Waals surface area contributed by atoms with Gasteiger partial charge in [0.25, 0.3) is 0 Å². The van der Waals surface area contributed by atoms with Crippen LogP contribution in [-0.2, 0) is 0 Å². The van der Waals surface area contributed by atoms with E-state index < -0.39 is 17.8 Å². The Bertz CT molecular complexity index is 557. The van der Waals surface area contributed by atoms with Gasteiger partial charge >= 0.3 is 0 Å². The zero-order valence-corrected chi connectivity index (χ0v) is 13.5. The number of nitrogens with two attached hydrogens (primary N) is 1. The lowest BCUT2D eigenvalue weighted by atomic mass is 9.90. The van der Waals surface area contributed by atoms with Gasteiger partial charge in [0.15, 0.2) is 0 Å². The summed E-state index contributed by atoms with van der Waals surface area (Å²) in [6.45, 7) is 0.119. The van der Waals surface area contributed by atoms with Crippen LogP contribution in [0.25, 0.3) is 0 Å². The van der Waals surface area contributed by atoms with Crippen LogP contribution in [0.4, 0.5) is 4.39 Å². The van der Waals surface area contributed by atoms with Gasteiger partial charge in [-0.05, 0) is 51.7 Å². The number of rotatable bonds is 4. The zero-order valence-electron chi connectivity index (χ0n) is 9.82. The molecule has 0 fully saturated rings. The zero-order chi connectivity index (χ0) is 14.0. The van der Waals surface area contributed by atoms with Crippen molar-refractivity contribution >= 4 is 45.5 Å². The van der Waals surface area contributed by atoms with Crippen LogP contribution in [0.5, 0.6) is 0 Å². The van der Waals surface area contributed by atoms with Crippen molar-refractivity contribution < 1.29 is 9.50 Å². The van der Waals surface area contributed by atoms with E-state index in [-0.39, 0.29) is 12.1 Å². The number of hydrogen-bond donors (Lipinski definition) is 2. The van der Waals surface area contributed by atoms with E-state index in [4.69, 9.17) is 17.3 Å². The van der Waals surface area contributed by atoms with E-state index >= 15 is 0 Å². The second kappa shape index (κ2) is 6.49. The molecule has 0 saturated heterocycles. The first kappa shape index (κ1) is 15.2. The van der Waals surface area contributed by atoms with Crippen molar-refractivity contribution in [2.24, 2.45) is 5.73 Å². The monoisotopic (exact) mass is 411 g/mol. The van der Waals surface area contributed by atoms with Crippen molar-refractivity contribution in [3.8, 4) is 0 Å². The van der Waals surface area contributed by atoms with Crippen LogP contribution >= 0.6 is 45.5 Å². The molecular weight excluding hydrogens is 400 g/mol. The normalized spacial score (nSPS) is 14.4. The van der Waals surface area contributed by atoms with E-state index in [0.29, 0.717) is 5.02 Å². The molecule has 0 radical (unpaired) electrons. The molecule has 19 heavy (non-hydrogen) atoms. The SMILES string of the molecule is NCC(c1c(F)cccc1Cl)C(O)c1csc(I)c1. The molecule has 1 aromatic heterocycles. The van der Waals surface area contributed by atoms with E-state index in [0.717, 1.165) is 8.45 Å². The molecule has 102 valence electrons. The molecule has 3 N–H and O–H groups in total. The quantitative estimate of drug-likeness (QED) is 0.749. The highest BCUT2D eigenvalue weighted by molar-refractivity contribution is 14.1. The number of aliphatic hydroxyl groups excluding tert-OH is 1. The largest absolute Gasteiger partial charge is 0.388 e. The van der Waals surface area contributed by atoms with Gasteiger partial charge in [-0.2, -0.15) is 0 Å². The summed E-state index contributed by atoms with van der Waals surface area (Å²) in [7, 11) is 0. The first-order valence-corrected chi connectivity index (χ1v) is 7.94. The third-order valence-electron chi connectivity index (χ3n) is 2.93. The lowest BCUT2D eigenvalue weighted by Crippen LogP contribution is -2.21. The fourth-order valence-corrected chi connectivity index (χ4v) is 3.68. The first-order chi connectivity index (χ1) is 9.04. The van der Waals surface area contributed by atoms with Gasteiger partial charge in [0, 0.05) is 23.0 Å². The van der Waals surface area contributed by atoms with Crippen molar-refractivity contribution in [1.29, 1.82) is 0 Å². The van der Waals surface area contributed by atoms with Crippen molar-refractivity contribution in [2.45, 2.75) is 12.0 Å². The Morgan fingerprint density at radius 2 is 2.21 bits per heavy atom. The van der Waals surface area contributed by atoms with Crippen LogP contribution in [0.3, 0.4) is 0 Å². The van der Waals surface area contributed by atoms with Crippen molar-refractivity contribution in [1.82, 2.24) is 0 Å². The molecule has 0 aliphatic heterocycles. The van der Waals surface area contributed by atoms with Crippen molar-refractivity contribution in [2.75, 3.05) is 6.54 Å². The molecule has 1 heterocycles. The Kier molecular flexibility index (Phi) is 5.19. The number of hydrogen-bond acceptors (Lipinski definition) is 3. The minimum Gasteiger partial charge on any atom is -0.388 e. The fraction of sp³-hybridized carbons (Fsp3) is 0.231. The molecule has 1 aromatic carbocycles. The van der Waals surface area contributed by atoms with E-state index in [1.807, 2.05) is 11.4 Å². The number of halogens is 3. The Morgan fingerprint density at radius 1 is 1.47 bits per heavy atom. The third kappa shape index (κ3) is 3.28. The molecule has 0 bridgehead atoms. The lowest BCUT2D eigenvalue weighted by molar-refractivity contribution is 0.146. The third-order valence-corrected chi connectivity index (χ3v) is 5.07. The molecule has 2 aromatic rings. The molecule has 0 spiro atoms. The topological polar surface area (TPSA) is 46.2 Å². The van der Waals surface area contributed by atoms with Gasteiger partial charge in [0.05, 0.1) is 8.99 Å². The molecule has 2 nitrogen and oxygen atoms in total. The first-order valence-electron chi connectivity index (χ1n) is 5.60. The maximum absolute atomic E-state index is 13.9. The summed E-state index contributed by atoms with van der Waals surface area (Å²) in [5.41, 5.74) is 6.72. The van der Waals surface area contributed by atoms with Crippen LogP contribution in [0.15, 0.2) is 29.6 Å². The molecule has 6 heteroatoms. The number of aliphatic hydroxyl groups is 1. The van der Waals surface area contributed by atoms with E-state index in [1.165, 1.54) is 23.5 Å². The molecule has 0 saturated carbocycles. The second-order valence-corrected chi connectivity index (χ2v) is 7.32. The Morgan fingerprint density at radius 3 is 2.74 bits per heavy atom. The van der Waals surface area contributed by atoms with Gasteiger partial charge in [0.1, 0.15) is 5.82 Å². The maximum Gasteiger partial charge on any atom is 0.128 e. The Labute approximate surface area is 133 Å². The molecule has 0 aliphatic rings. The predicted molar refractivity (Wildman–Crippen MR) is 85.2 cm³/mol. The van der Waals surface area contributed by atoms with Gasteiger partial charge in [-0.15, -0.1) is 11.3 Å². The summed E-state index contributed by atoms with van der Waals surface area (Å²) < 4.78 is 15.0. The summed E-state index contributed by atoms with van der Waals surface area (Å²) in [4.78, 5) is 0. The highest BCUT2D eigenvalue weighted by Crippen LogP contribution is 2.37. The number of thiophene rings is 1. The molecule has 2 rings (SSSR count). The predicted octanol–water partition coefficient (Wildman–Crippen LogP) is 3.92. The molecule has 0 aliphatic carbocycles. The van der Waals surface area contributed by atoms with Gasteiger partial charge in [-0.1, -0.05) is 17.7 Å². The van der Waals surface area contributed by atoms with E-state index in [9.17, 15) is 9.50 Å². The highest BCUT2D eigenvalue weighted by atomic mass is 127. The highest BCUT2D eigenvalue weighted by Gasteiger charge is 2.26. The van der Waals surface area contributed by atoms with Gasteiger partial charge in [-0.3, -0.25) is 0 Å². The minimum atomic E-state index is -0.862. The molecule has 2 atom stereocenters. The van der Waals surface area contributed by atoms with Crippen LogP contribution in [0.1, 0.15) is 23.1 Å². The van der Waals surface area contributed by atoms with Gasteiger partial charge in [-0.25, -0.2) is 4.39 Å². The summed E-state index contributed by atoms with van der Waals surface area (Å²) in [6.07, 6.45) is -0.862. The second-order valence-electron chi connectivity index (χ2n) is 4.11. The fourth-order valence-electron chi connectivity index (χ4n) is 1.98. The van der Waals surface area contributed by atoms with Crippen LogP contribution < -0.4 is 5.73 Å². The smallest absolute Gasteiger partial charge is 0.128 e. The number of benzene rings is 1. The van der Waals surface area contributed by atoms with E-state index in [1.54, 1.807) is 6.07 Å². The summed E-state index contributed by atoms with van der Waals surface area (Å²) in [6, 6.07) is 6.34. The standard InChI is InChI=1S/C13H12ClFINOS/c14-9-2-1-3-10(15)12(9)8(5-17)13(18)7-4-11(16)19-6-7/h1-4,6,8,13,18H,5,17H2. The minimum absolute atomic E-state index is 0.119. The average molecular weight is 412 g/mol. The lowest BCUT2D eigenvalue weighted by Gasteiger charge is -2.22. The van der Waals surface area contributed by atoms with E-state index in [2.05, 4.69) is 22.6 Å². The Hall–Kier alpha value is -0.210. The molecule has 0 amide bonds. The van der Waals surface area contributed by atoms with Gasteiger partial charge in [0.2, 0.25) is 0 Å². The molecule has 2 unspecified atom stereocenters. The summed E-state index contributed by atoms with van der Waals surface area (Å²) in [5.74, 6) is -0.994. The maximum atomic E-state index is 13.9. The van der Waals surface area contributed by atoms with Crippen LogP contribution in [-0.4, -0.2) is 11.7 Å². The van der Waals surface area contributed by atoms with Crippen molar-refractivity contribution in [3.63, 3.8) is 0 Å². The average Bonchev–Trinajstić information content (AvgIpc) is 2.80. The summed E-state index contributed by atoms with van der Waals surface area (Å²) in [5, 5.41) is 12.5. The summed E-state index contributed by atoms with van der Waals surface area (Å²) >= 11 is 9.73. The van der Waals surface area contributed by atoms with Crippen molar-refractivity contribution in [3.05, 3.63) is 54.5 Å². The molecular formula is C13H12ClFINOS. The van der Waals surface area contributed by atoms with Crippen LogP contribution in [0.2, 0.25) is 5.02 Å². The Balaban J connectivity index is 2.39.